The smallest absolute Gasteiger partial charge is 0.319 e. The summed E-state index contributed by atoms with van der Waals surface area (Å²) in [6.07, 6.45) is 1.62. The van der Waals surface area contributed by atoms with Gasteiger partial charge in [0.25, 0.3) is 0 Å². The maximum atomic E-state index is 11.3. The van der Waals surface area contributed by atoms with Crippen LogP contribution in [0, 0.1) is 0 Å². The first-order chi connectivity index (χ1) is 7.79. The van der Waals surface area contributed by atoms with Gasteiger partial charge in [0.05, 0.1) is 11.7 Å². The number of fused-ring (bicyclic) bond motifs is 1. The zero-order valence-corrected chi connectivity index (χ0v) is 9.25. The molecule has 0 unspecified atom stereocenters. The van der Waals surface area contributed by atoms with Gasteiger partial charge in [-0.25, -0.2) is 4.79 Å². The Balaban J connectivity index is 2.08. The van der Waals surface area contributed by atoms with Crippen molar-refractivity contribution in [1.29, 1.82) is 0 Å². The Labute approximate surface area is 96.5 Å². The molecule has 1 heterocycles. The molecule has 0 aliphatic rings. The third kappa shape index (κ3) is 2.34. The summed E-state index contributed by atoms with van der Waals surface area (Å²) in [6, 6.07) is 5.13. The van der Waals surface area contributed by atoms with E-state index in [1.807, 2.05) is 6.07 Å². The summed E-state index contributed by atoms with van der Waals surface area (Å²) in [4.78, 5) is 11.3. The second-order valence-electron chi connectivity index (χ2n) is 3.09. The van der Waals surface area contributed by atoms with Crippen molar-refractivity contribution < 1.29 is 4.79 Å². The third-order valence-corrected chi connectivity index (χ3v) is 2.48. The topological polar surface area (TPSA) is 66.9 Å². The predicted octanol–water partition coefficient (Wildman–Crippen LogP) is 2.00. The van der Waals surface area contributed by atoms with E-state index in [4.69, 9.17) is 0 Å². The van der Waals surface area contributed by atoms with Crippen LogP contribution < -0.4 is 10.6 Å². The molecule has 5 nitrogen and oxygen atoms in total. The van der Waals surface area contributed by atoms with Gasteiger partial charge >= 0.3 is 6.03 Å². The molecule has 0 saturated carbocycles. The van der Waals surface area contributed by atoms with Gasteiger partial charge in [-0.15, -0.1) is 6.58 Å². The Morgan fingerprint density at radius 1 is 1.44 bits per heavy atom. The van der Waals surface area contributed by atoms with Crippen LogP contribution in [-0.2, 0) is 0 Å². The molecule has 0 fully saturated rings. The molecule has 1 aromatic carbocycles. The van der Waals surface area contributed by atoms with Gasteiger partial charge in [-0.1, -0.05) is 6.08 Å². The standard InChI is InChI=1S/C10H10N4OS/c1-2-5-11-10(15)12-7-3-4-8-9(6-7)14-16-13-8/h2-4,6H,1,5H2,(H2,11,12,15). The highest BCUT2D eigenvalue weighted by molar-refractivity contribution is 7.00. The van der Waals surface area contributed by atoms with Crippen LogP contribution in [0.15, 0.2) is 30.9 Å². The maximum absolute atomic E-state index is 11.3. The fourth-order valence-electron chi connectivity index (χ4n) is 1.20. The van der Waals surface area contributed by atoms with Gasteiger partial charge in [-0.3, -0.25) is 0 Å². The zero-order valence-electron chi connectivity index (χ0n) is 8.43. The van der Waals surface area contributed by atoms with Crippen LogP contribution in [0.5, 0.6) is 0 Å². The SMILES string of the molecule is C=CCNC(=O)Nc1ccc2nsnc2c1. The molecular weight excluding hydrogens is 224 g/mol. The Morgan fingerprint density at radius 3 is 3.06 bits per heavy atom. The van der Waals surface area contributed by atoms with Gasteiger partial charge in [0.1, 0.15) is 11.0 Å². The number of carbonyl (C=O) groups is 1. The number of aromatic nitrogens is 2. The highest BCUT2D eigenvalue weighted by Gasteiger charge is 2.03. The summed E-state index contributed by atoms with van der Waals surface area (Å²) in [6.45, 7) is 3.95. The highest BCUT2D eigenvalue weighted by Crippen LogP contribution is 2.16. The molecule has 0 saturated heterocycles. The Hall–Kier alpha value is -1.95. The molecule has 0 bridgehead atoms. The van der Waals surface area contributed by atoms with Crippen LogP contribution >= 0.6 is 11.7 Å². The summed E-state index contributed by atoms with van der Waals surface area (Å²) in [5, 5.41) is 5.32. The molecule has 1 aromatic heterocycles. The largest absolute Gasteiger partial charge is 0.334 e. The van der Waals surface area contributed by atoms with E-state index >= 15 is 0 Å². The Bertz CT molecular complexity index is 522. The molecule has 2 N–H and O–H groups in total. The second-order valence-corrected chi connectivity index (χ2v) is 3.62. The van der Waals surface area contributed by atoms with E-state index in [0.29, 0.717) is 12.2 Å². The predicted molar refractivity (Wildman–Crippen MR) is 64.6 cm³/mol. The minimum Gasteiger partial charge on any atom is -0.334 e. The number of hydrogen-bond acceptors (Lipinski definition) is 4. The minimum atomic E-state index is -0.262. The van der Waals surface area contributed by atoms with E-state index in [1.165, 1.54) is 0 Å². The average molecular weight is 234 g/mol. The molecule has 82 valence electrons. The molecule has 2 rings (SSSR count). The lowest BCUT2D eigenvalue weighted by molar-refractivity contribution is 0.253. The number of amides is 2. The van der Waals surface area contributed by atoms with Crippen LogP contribution in [0.1, 0.15) is 0 Å². The van der Waals surface area contributed by atoms with E-state index < -0.39 is 0 Å². The fraction of sp³-hybridized carbons (Fsp3) is 0.100. The van der Waals surface area contributed by atoms with Crippen molar-refractivity contribution in [1.82, 2.24) is 14.1 Å². The van der Waals surface area contributed by atoms with Gasteiger partial charge in [-0.2, -0.15) is 8.75 Å². The number of benzene rings is 1. The van der Waals surface area contributed by atoms with Crippen molar-refractivity contribution in [3.63, 3.8) is 0 Å². The number of carbonyl (C=O) groups excluding carboxylic acids is 1. The van der Waals surface area contributed by atoms with Gasteiger partial charge < -0.3 is 10.6 Å². The molecule has 0 radical (unpaired) electrons. The zero-order chi connectivity index (χ0) is 11.4. The van der Waals surface area contributed by atoms with E-state index in [-0.39, 0.29) is 6.03 Å². The number of anilines is 1. The van der Waals surface area contributed by atoms with Gasteiger partial charge in [0.15, 0.2) is 0 Å². The third-order valence-electron chi connectivity index (χ3n) is 1.92. The first-order valence-electron chi connectivity index (χ1n) is 4.67. The van der Waals surface area contributed by atoms with Crippen molar-refractivity contribution in [3.05, 3.63) is 30.9 Å². The summed E-state index contributed by atoms with van der Waals surface area (Å²) >= 11 is 1.15. The summed E-state index contributed by atoms with van der Waals surface area (Å²) in [5.74, 6) is 0. The maximum Gasteiger partial charge on any atom is 0.319 e. The minimum absolute atomic E-state index is 0.262. The molecule has 0 atom stereocenters. The molecule has 0 aliphatic heterocycles. The van der Waals surface area contributed by atoms with Gasteiger partial charge in [0.2, 0.25) is 0 Å². The Morgan fingerprint density at radius 2 is 2.25 bits per heavy atom. The fourth-order valence-corrected chi connectivity index (χ4v) is 1.72. The Kier molecular flexibility index (Phi) is 3.11. The van der Waals surface area contributed by atoms with Crippen LogP contribution in [0.4, 0.5) is 10.5 Å². The first kappa shape index (κ1) is 10.6. The van der Waals surface area contributed by atoms with E-state index in [0.717, 1.165) is 22.8 Å². The van der Waals surface area contributed by atoms with E-state index in [2.05, 4.69) is 26.0 Å². The molecule has 0 aliphatic carbocycles. The molecular formula is C10H10N4OS. The molecule has 0 spiro atoms. The van der Waals surface area contributed by atoms with Crippen molar-refractivity contribution in [3.8, 4) is 0 Å². The lowest BCUT2D eigenvalue weighted by Crippen LogP contribution is -2.28. The summed E-state index contributed by atoms with van der Waals surface area (Å²) in [7, 11) is 0. The monoisotopic (exact) mass is 234 g/mol. The second kappa shape index (κ2) is 4.71. The van der Waals surface area contributed by atoms with Gasteiger partial charge in [-0.05, 0) is 18.2 Å². The summed E-state index contributed by atoms with van der Waals surface area (Å²) in [5.41, 5.74) is 2.32. The van der Waals surface area contributed by atoms with Crippen LogP contribution in [0.2, 0.25) is 0 Å². The van der Waals surface area contributed by atoms with Crippen molar-refractivity contribution in [2.24, 2.45) is 0 Å². The van der Waals surface area contributed by atoms with Crippen molar-refractivity contribution in [2.45, 2.75) is 0 Å². The molecule has 2 amide bonds. The number of urea groups is 1. The van der Waals surface area contributed by atoms with Crippen molar-refractivity contribution in [2.75, 3.05) is 11.9 Å². The summed E-state index contributed by atoms with van der Waals surface area (Å²) < 4.78 is 8.17. The number of nitrogens with zero attached hydrogens (tertiary/aromatic N) is 2. The lowest BCUT2D eigenvalue weighted by Gasteiger charge is -2.05. The lowest BCUT2D eigenvalue weighted by atomic mass is 10.3. The van der Waals surface area contributed by atoms with Crippen molar-refractivity contribution >= 4 is 34.5 Å². The molecule has 16 heavy (non-hydrogen) atoms. The molecule has 6 heteroatoms. The first-order valence-corrected chi connectivity index (χ1v) is 5.40. The van der Waals surface area contributed by atoms with Crippen LogP contribution in [0.25, 0.3) is 11.0 Å². The molecule has 2 aromatic rings. The number of rotatable bonds is 3. The van der Waals surface area contributed by atoms with Crippen LogP contribution in [-0.4, -0.2) is 21.3 Å². The number of nitrogens with one attached hydrogen (secondary N) is 2. The highest BCUT2D eigenvalue weighted by atomic mass is 32.1. The van der Waals surface area contributed by atoms with E-state index in [1.54, 1.807) is 18.2 Å². The number of hydrogen-bond donors (Lipinski definition) is 2. The van der Waals surface area contributed by atoms with Crippen LogP contribution in [0.3, 0.4) is 0 Å². The van der Waals surface area contributed by atoms with E-state index in [9.17, 15) is 4.79 Å². The average Bonchev–Trinajstić information content (AvgIpc) is 2.73. The quantitative estimate of drug-likeness (QED) is 0.798. The normalized spacial score (nSPS) is 10.0. The van der Waals surface area contributed by atoms with Gasteiger partial charge in [0, 0.05) is 12.2 Å².